The molecule has 0 unspecified atom stereocenters. The summed E-state index contributed by atoms with van der Waals surface area (Å²) >= 11 is 3.38. The van der Waals surface area contributed by atoms with Crippen molar-refractivity contribution in [3.05, 3.63) is 73.4 Å². The molecule has 3 rings (SSSR count). The van der Waals surface area contributed by atoms with E-state index >= 15 is 0 Å². The van der Waals surface area contributed by atoms with Gasteiger partial charge in [0.25, 0.3) is 5.56 Å². The molecule has 146 valence electrons. The second-order valence-electron chi connectivity index (χ2n) is 6.27. The van der Waals surface area contributed by atoms with Crippen molar-refractivity contribution in [3.8, 4) is 5.88 Å². The number of hydrogen-bond acceptors (Lipinski definition) is 5. The first kappa shape index (κ1) is 19.8. The van der Waals surface area contributed by atoms with E-state index in [0.717, 1.165) is 14.6 Å². The van der Waals surface area contributed by atoms with Crippen LogP contribution >= 0.6 is 15.9 Å². The minimum atomic E-state index is -0.748. The van der Waals surface area contributed by atoms with Crippen molar-refractivity contribution < 1.29 is 9.90 Å². The number of benzene rings is 1. The maximum Gasteiger partial charge on any atom is 0.331 e. The molecule has 0 radical (unpaired) electrons. The third-order valence-corrected chi connectivity index (χ3v) is 5.02. The van der Waals surface area contributed by atoms with E-state index in [-0.39, 0.29) is 36.6 Å². The van der Waals surface area contributed by atoms with Crippen LogP contribution in [0.3, 0.4) is 0 Å². The molecule has 0 fully saturated rings. The molecule has 9 heteroatoms. The quantitative estimate of drug-likeness (QED) is 0.686. The van der Waals surface area contributed by atoms with E-state index in [4.69, 9.17) is 0 Å². The number of hydrogen-bond donors (Lipinski definition) is 2. The van der Waals surface area contributed by atoms with Crippen LogP contribution in [0, 0.1) is 0 Å². The number of hydrazone groups is 1. The number of halogens is 1. The van der Waals surface area contributed by atoms with Crippen LogP contribution in [-0.4, -0.2) is 31.3 Å². The predicted octanol–water partition coefficient (Wildman–Crippen LogP) is 2.28. The Morgan fingerprint density at radius 3 is 2.68 bits per heavy atom. The second kappa shape index (κ2) is 7.97. The van der Waals surface area contributed by atoms with Gasteiger partial charge in [-0.25, -0.2) is 9.80 Å². The fourth-order valence-electron chi connectivity index (χ4n) is 3.12. The van der Waals surface area contributed by atoms with Crippen LogP contribution in [0.4, 0.5) is 0 Å². The van der Waals surface area contributed by atoms with E-state index in [2.05, 4.69) is 32.6 Å². The van der Waals surface area contributed by atoms with Crippen molar-refractivity contribution in [2.75, 3.05) is 0 Å². The van der Waals surface area contributed by atoms with Gasteiger partial charge in [-0.05, 0) is 17.7 Å². The van der Waals surface area contributed by atoms with Crippen molar-refractivity contribution in [1.82, 2.24) is 14.6 Å². The SMILES string of the molecule is C=CCn1c(O)c(C2=NN(C(=O)CC)[C@@H](c3ccc(Br)cc3)C2)c(=O)[nH]c1=O. The maximum absolute atomic E-state index is 12.4. The summed E-state index contributed by atoms with van der Waals surface area (Å²) in [6.07, 6.45) is 1.90. The van der Waals surface area contributed by atoms with Crippen LogP contribution in [0.25, 0.3) is 0 Å². The normalized spacial score (nSPS) is 16.1. The lowest BCUT2D eigenvalue weighted by Gasteiger charge is -2.21. The van der Waals surface area contributed by atoms with Crippen molar-refractivity contribution in [1.29, 1.82) is 0 Å². The lowest BCUT2D eigenvalue weighted by molar-refractivity contribution is -0.132. The molecular weight excluding hydrogens is 428 g/mol. The van der Waals surface area contributed by atoms with Crippen LogP contribution in [0.15, 0.2) is 56.1 Å². The zero-order chi connectivity index (χ0) is 20.4. The smallest absolute Gasteiger partial charge is 0.331 e. The Labute approximate surface area is 168 Å². The zero-order valence-electron chi connectivity index (χ0n) is 15.2. The minimum Gasteiger partial charge on any atom is -0.494 e. The Morgan fingerprint density at radius 1 is 1.39 bits per heavy atom. The second-order valence-corrected chi connectivity index (χ2v) is 7.18. The number of allylic oxidation sites excluding steroid dienone is 1. The van der Waals surface area contributed by atoms with Crippen LogP contribution in [-0.2, 0) is 11.3 Å². The van der Waals surface area contributed by atoms with Gasteiger partial charge in [-0.15, -0.1) is 6.58 Å². The van der Waals surface area contributed by atoms with E-state index in [0.29, 0.717) is 0 Å². The maximum atomic E-state index is 12.4. The van der Waals surface area contributed by atoms with E-state index in [1.165, 1.54) is 11.1 Å². The van der Waals surface area contributed by atoms with Gasteiger partial charge in [0, 0.05) is 23.9 Å². The summed E-state index contributed by atoms with van der Waals surface area (Å²) in [5.41, 5.74) is -0.516. The lowest BCUT2D eigenvalue weighted by atomic mass is 9.99. The zero-order valence-corrected chi connectivity index (χ0v) is 16.8. The van der Waals surface area contributed by atoms with Crippen molar-refractivity contribution in [3.63, 3.8) is 0 Å². The molecule has 1 aromatic carbocycles. The molecule has 1 aliphatic heterocycles. The largest absolute Gasteiger partial charge is 0.494 e. The van der Waals surface area contributed by atoms with Gasteiger partial charge >= 0.3 is 5.69 Å². The molecule has 2 heterocycles. The van der Waals surface area contributed by atoms with Crippen molar-refractivity contribution in [2.24, 2.45) is 5.10 Å². The van der Waals surface area contributed by atoms with Gasteiger partial charge in [-0.3, -0.25) is 19.1 Å². The van der Waals surface area contributed by atoms with E-state index in [9.17, 15) is 19.5 Å². The third-order valence-electron chi connectivity index (χ3n) is 4.50. The molecule has 1 atom stereocenters. The van der Waals surface area contributed by atoms with E-state index in [1.807, 2.05) is 24.3 Å². The Balaban J connectivity index is 2.10. The molecule has 0 saturated heterocycles. The fraction of sp³-hybridized carbons (Fsp3) is 0.263. The first-order chi connectivity index (χ1) is 13.4. The highest BCUT2D eigenvalue weighted by Crippen LogP contribution is 2.34. The van der Waals surface area contributed by atoms with Gasteiger partial charge in [-0.1, -0.05) is 41.1 Å². The van der Waals surface area contributed by atoms with Crippen LogP contribution in [0.5, 0.6) is 5.88 Å². The van der Waals surface area contributed by atoms with Crippen molar-refractivity contribution in [2.45, 2.75) is 32.4 Å². The standard InChI is InChI=1S/C19H19BrN4O4/c1-3-9-23-18(27)16(17(26)21-19(23)28)13-10-14(24(22-13)15(25)4-2)11-5-7-12(20)8-6-11/h3,5-8,14,27H,1,4,9-10H2,2H3,(H,21,26,28)/t14-/m1/s1. The molecule has 1 aliphatic rings. The Bertz CT molecular complexity index is 1070. The summed E-state index contributed by atoms with van der Waals surface area (Å²) in [5.74, 6) is -0.703. The molecule has 2 N–H and O–H groups in total. The number of carbonyl (C=O) groups is 1. The monoisotopic (exact) mass is 446 g/mol. The summed E-state index contributed by atoms with van der Waals surface area (Å²) in [5, 5.41) is 16.2. The topological polar surface area (TPSA) is 108 Å². The van der Waals surface area contributed by atoms with Gasteiger partial charge < -0.3 is 5.11 Å². The minimum absolute atomic E-state index is 0.0233. The van der Waals surface area contributed by atoms with Gasteiger partial charge in [0.05, 0.1) is 11.8 Å². The molecule has 0 aliphatic carbocycles. The first-order valence-corrected chi connectivity index (χ1v) is 9.49. The van der Waals surface area contributed by atoms with E-state index in [1.54, 1.807) is 6.92 Å². The first-order valence-electron chi connectivity index (χ1n) is 8.69. The summed E-state index contributed by atoms with van der Waals surface area (Å²) in [6, 6.07) is 7.04. The van der Waals surface area contributed by atoms with Gasteiger partial charge in [0.2, 0.25) is 11.8 Å². The summed E-state index contributed by atoms with van der Waals surface area (Å²) < 4.78 is 1.89. The van der Waals surface area contributed by atoms with Gasteiger partial charge in [-0.2, -0.15) is 5.10 Å². The Hall–Kier alpha value is -2.94. The molecule has 2 aromatic rings. The molecule has 28 heavy (non-hydrogen) atoms. The average molecular weight is 447 g/mol. The summed E-state index contributed by atoms with van der Waals surface area (Å²) in [6.45, 7) is 5.29. The average Bonchev–Trinajstić information content (AvgIpc) is 3.09. The number of H-pyrrole nitrogens is 1. The van der Waals surface area contributed by atoms with Gasteiger partial charge in [0.1, 0.15) is 5.56 Å². The fourth-order valence-corrected chi connectivity index (χ4v) is 3.38. The summed E-state index contributed by atoms with van der Waals surface area (Å²) in [7, 11) is 0. The number of aromatic hydroxyl groups is 1. The molecule has 8 nitrogen and oxygen atoms in total. The highest BCUT2D eigenvalue weighted by molar-refractivity contribution is 9.10. The van der Waals surface area contributed by atoms with Crippen LogP contribution in [0.2, 0.25) is 0 Å². The highest BCUT2D eigenvalue weighted by atomic mass is 79.9. The number of nitrogens with zero attached hydrogens (tertiary/aromatic N) is 3. The summed E-state index contributed by atoms with van der Waals surface area (Å²) in [4.78, 5) is 38.9. The van der Waals surface area contributed by atoms with Crippen LogP contribution < -0.4 is 11.2 Å². The third kappa shape index (κ3) is 3.57. The highest BCUT2D eigenvalue weighted by Gasteiger charge is 2.35. The molecule has 1 amide bonds. The van der Waals surface area contributed by atoms with Gasteiger partial charge in [0.15, 0.2) is 0 Å². The number of carbonyl (C=O) groups excluding carboxylic acids is 1. The number of aromatic amines is 1. The number of aromatic nitrogens is 2. The van der Waals surface area contributed by atoms with Crippen LogP contribution in [0.1, 0.15) is 36.9 Å². The molecule has 0 saturated carbocycles. The Morgan fingerprint density at radius 2 is 2.07 bits per heavy atom. The van der Waals surface area contributed by atoms with Crippen molar-refractivity contribution >= 4 is 27.5 Å². The number of amides is 1. The molecule has 1 aromatic heterocycles. The molecule has 0 bridgehead atoms. The molecule has 0 spiro atoms. The number of nitrogens with one attached hydrogen (secondary N) is 1. The molecular formula is C19H19BrN4O4. The Kier molecular flexibility index (Phi) is 5.64. The van der Waals surface area contributed by atoms with E-state index < -0.39 is 23.2 Å². The predicted molar refractivity (Wildman–Crippen MR) is 108 cm³/mol. The lowest BCUT2D eigenvalue weighted by Crippen LogP contribution is -2.33. The number of rotatable bonds is 5.